The summed E-state index contributed by atoms with van der Waals surface area (Å²) in [6.45, 7) is 1.38. The van der Waals surface area contributed by atoms with Gasteiger partial charge in [-0.2, -0.15) is 23.0 Å². The van der Waals surface area contributed by atoms with Crippen LogP contribution in [0.2, 0.25) is 0 Å². The number of ether oxygens (including phenoxy) is 1. The number of rotatable bonds is 3. The summed E-state index contributed by atoms with van der Waals surface area (Å²) in [5.41, 5.74) is -1.35. The van der Waals surface area contributed by atoms with Gasteiger partial charge in [-0.1, -0.05) is 29.7 Å². The minimum atomic E-state index is -4.78. The summed E-state index contributed by atoms with van der Waals surface area (Å²) in [6.07, 6.45) is -4.78. The third-order valence-corrected chi connectivity index (χ3v) is 5.33. The van der Waals surface area contributed by atoms with Crippen molar-refractivity contribution in [3.8, 4) is 11.3 Å². The second-order valence-electron chi connectivity index (χ2n) is 7.52. The number of hydrogen-bond donors (Lipinski definition) is 0. The number of hydrogen-bond acceptors (Lipinski definition) is 4. The van der Waals surface area contributed by atoms with Gasteiger partial charge in [0.15, 0.2) is 0 Å². The predicted octanol–water partition coefficient (Wildman–Crippen LogP) is 4.44. The highest BCUT2D eigenvalue weighted by Crippen LogP contribution is 2.35. The Balaban J connectivity index is 1.96. The van der Waals surface area contributed by atoms with Gasteiger partial charge < -0.3 is 4.74 Å². The molecule has 0 aliphatic rings. The first-order valence-electron chi connectivity index (χ1n) is 9.91. The summed E-state index contributed by atoms with van der Waals surface area (Å²) in [5, 5.41) is 4.47. The van der Waals surface area contributed by atoms with Crippen LogP contribution in [0.15, 0.2) is 54.6 Å². The largest absolute Gasteiger partial charge is 0.465 e. The first-order chi connectivity index (χ1) is 16.0. The third-order valence-electron chi connectivity index (χ3n) is 5.33. The van der Waals surface area contributed by atoms with Crippen LogP contribution in [0.5, 0.6) is 0 Å². The van der Waals surface area contributed by atoms with E-state index in [1.165, 1.54) is 49.4 Å². The molecular formula is C24H15BF4N2O3. The molecule has 0 unspecified atom stereocenters. The highest BCUT2D eigenvalue weighted by Gasteiger charge is 2.37. The van der Waals surface area contributed by atoms with Crippen molar-refractivity contribution < 1.29 is 31.9 Å². The number of aryl methyl sites for hydroxylation is 1. The topological polar surface area (TPSA) is 61.2 Å². The van der Waals surface area contributed by atoms with E-state index in [2.05, 4.69) is 9.84 Å². The van der Waals surface area contributed by atoms with Gasteiger partial charge in [0.05, 0.1) is 29.3 Å². The lowest BCUT2D eigenvalue weighted by atomic mass is 9.94. The monoisotopic (exact) mass is 466 g/mol. The molecule has 0 aliphatic heterocycles. The van der Waals surface area contributed by atoms with Gasteiger partial charge in [-0.3, -0.25) is 4.79 Å². The minimum Gasteiger partial charge on any atom is -0.465 e. The average Bonchev–Trinajstić information content (AvgIpc) is 3.15. The van der Waals surface area contributed by atoms with E-state index >= 15 is 0 Å². The zero-order chi connectivity index (χ0) is 24.8. The second-order valence-corrected chi connectivity index (χ2v) is 7.52. The Bertz CT molecular complexity index is 1460. The van der Waals surface area contributed by atoms with Crippen molar-refractivity contribution >= 4 is 36.1 Å². The molecule has 170 valence electrons. The number of methoxy groups -OCH3 is 1. The standard InChI is InChI=1S/C24H15BF4N2O3/c1-12-4-3-5-17(24(27,28)29)20(12)22(32)31-19-11-14(25)7-9-16(19)21(30-31)15-8-6-13(10-18(15)26)23(33)34-2/h3-11H,1-2H3. The van der Waals surface area contributed by atoms with E-state index in [1.54, 1.807) is 0 Å². The Kier molecular flexibility index (Phi) is 5.76. The normalized spacial score (nSPS) is 11.6. The Labute approximate surface area is 192 Å². The molecule has 1 aromatic heterocycles. The summed E-state index contributed by atoms with van der Waals surface area (Å²) in [4.78, 5) is 25.1. The maximum atomic E-state index is 14.9. The maximum Gasteiger partial charge on any atom is 0.417 e. The van der Waals surface area contributed by atoms with Crippen LogP contribution in [0.4, 0.5) is 17.6 Å². The fourth-order valence-corrected chi connectivity index (χ4v) is 3.73. The van der Waals surface area contributed by atoms with Gasteiger partial charge in [0.2, 0.25) is 0 Å². The molecule has 5 nitrogen and oxygen atoms in total. The summed E-state index contributed by atoms with van der Waals surface area (Å²) in [5.74, 6) is -2.62. The molecule has 3 aromatic carbocycles. The van der Waals surface area contributed by atoms with Gasteiger partial charge in [-0.25, -0.2) is 9.18 Å². The fraction of sp³-hybridized carbons (Fsp3) is 0.125. The van der Waals surface area contributed by atoms with Gasteiger partial charge in [0.25, 0.3) is 5.91 Å². The molecule has 4 aromatic rings. The molecule has 1 heterocycles. The van der Waals surface area contributed by atoms with Crippen molar-refractivity contribution in [3.05, 3.63) is 82.7 Å². The van der Waals surface area contributed by atoms with Crippen LogP contribution in [0.3, 0.4) is 0 Å². The summed E-state index contributed by atoms with van der Waals surface area (Å²) in [7, 11) is 7.00. The molecule has 34 heavy (non-hydrogen) atoms. The Morgan fingerprint density at radius 3 is 2.44 bits per heavy atom. The Morgan fingerprint density at radius 1 is 1.06 bits per heavy atom. The molecule has 10 heteroatoms. The van der Waals surface area contributed by atoms with E-state index in [4.69, 9.17) is 7.85 Å². The van der Waals surface area contributed by atoms with Crippen LogP contribution >= 0.6 is 0 Å². The third kappa shape index (κ3) is 3.96. The molecular weight excluding hydrogens is 451 g/mol. The smallest absolute Gasteiger partial charge is 0.417 e. The van der Waals surface area contributed by atoms with Crippen LogP contribution in [0.25, 0.3) is 22.2 Å². The molecule has 4 rings (SSSR count). The number of aromatic nitrogens is 2. The van der Waals surface area contributed by atoms with Crippen molar-refractivity contribution in [1.82, 2.24) is 9.78 Å². The van der Waals surface area contributed by atoms with Crippen LogP contribution in [0.1, 0.15) is 31.8 Å². The van der Waals surface area contributed by atoms with E-state index < -0.39 is 35.0 Å². The molecule has 2 radical (unpaired) electrons. The Morgan fingerprint density at radius 2 is 1.79 bits per heavy atom. The van der Waals surface area contributed by atoms with Gasteiger partial charge in [-0.05, 0) is 42.8 Å². The maximum absolute atomic E-state index is 14.9. The Hall–Kier alpha value is -3.95. The van der Waals surface area contributed by atoms with Gasteiger partial charge in [0, 0.05) is 10.9 Å². The molecule has 0 saturated heterocycles. The van der Waals surface area contributed by atoms with Crippen molar-refractivity contribution in [2.75, 3.05) is 7.11 Å². The molecule has 0 saturated carbocycles. The quantitative estimate of drug-likeness (QED) is 0.255. The van der Waals surface area contributed by atoms with E-state index in [1.807, 2.05) is 0 Å². The van der Waals surface area contributed by atoms with Gasteiger partial charge in [0.1, 0.15) is 19.4 Å². The van der Waals surface area contributed by atoms with Crippen molar-refractivity contribution in [2.45, 2.75) is 13.1 Å². The minimum absolute atomic E-state index is 0.000548. The first-order valence-corrected chi connectivity index (χ1v) is 9.91. The van der Waals surface area contributed by atoms with Crippen LogP contribution in [-0.2, 0) is 10.9 Å². The van der Waals surface area contributed by atoms with Crippen LogP contribution in [-0.4, -0.2) is 36.6 Å². The second kappa shape index (κ2) is 8.44. The fourth-order valence-electron chi connectivity index (χ4n) is 3.73. The molecule has 0 amide bonds. The lowest BCUT2D eigenvalue weighted by molar-refractivity contribution is -0.138. The zero-order valence-electron chi connectivity index (χ0n) is 17.9. The number of carbonyl (C=O) groups excluding carboxylic acids is 2. The lowest BCUT2D eigenvalue weighted by Crippen LogP contribution is -2.21. The molecule has 0 aliphatic carbocycles. The number of benzene rings is 3. The summed E-state index contributed by atoms with van der Waals surface area (Å²) >= 11 is 0. The lowest BCUT2D eigenvalue weighted by Gasteiger charge is -2.14. The van der Waals surface area contributed by atoms with Crippen molar-refractivity contribution in [2.24, 2.45) is 0 Å². The molecule has 0 spiro atoms. The van der Waals surface area contributed by atoms with Gasteiger partial charge in [-0.15, -0.1) is 0 Å². The number of nitrogens with zero attached hydrogens (tertiary/aromatic N) is 2. The van der Waals surface area contributed by atoms with Gasteiger partial charge >= 0.3 is 12.1 Å². The molecule has 0 bridgehead atoms. The van der Waals surface area contributed by atoms with E-state index in [0.29, 0.717) is 0 Å². The van der Waals surface area contributed by atoms with Crippen LogP contribution in [0, 0.1) is 12.7 Å². The molecule has 0 N–H and O–H groups in total. The number of carbonyl (C=O) groups is 2. The van der Waals surface area contributed by atoms with Crippen molar-refractivity contribution in [3.63, 3.8) is 0 Å². The average molecular weight is 466 g/mol. The zero-order valence-corrected chi connectivity index (χ0v) is 17.9. The number of esters is 1. The predicted molar refractivity (Wildman–Crippen MR) is 118 cm³/mol. The molecule has 0 fully saturated rings. The number of halogens is 4. The van der Waals surface area contributed by atoms with E-state index in [-0.39, 0.29) is 38.8 Å². The van der Waals surface area contributed by atoms with E-state index in [0.717, 1.165) is 23.9 Å². The number of fused-ring (bicyclic) bond motifs is 1. The number of alkyl halides is 3. The SMILES string of the molecule is [B]c1ccc2c(-c3ccc(C(=O)OC)cc3F)nn(C(=O)c3c(C)cccc3C(F)(F)F)c2c1. The van der Waals surface area contributed by atoms with Crippen molar-refractivity contribution in [1.29, 1.82) is 0 Å². The summed E-state index contributed by atoms with van der Waals surface area (Å²) in [6, 6.07) is 11.3. The van der Waals surface area contributed by atoms with Crippen LogP contribution < -0.4 is 5.46 Å². The summed E-state index contributed by atoms with van der Waals surface area (Å²) < 4.78 is 61.3. The highest BCUT2D eigenvalue weighted by molar-refractivity contribution is 6.33. The highest BCUT2D eigenvalue weighted by atomic mass is 19.4. The first kappa shape index (κ1) is 23.2. The molecule has 0 atom stereocenters. The van der Waals surface area contributed by atoms with E-state index in [9.17, 15) is 27.2 Å².